The molecule has 0 aliphatic heterocycles. The number of benzene rings is 1. The molecule has 0 bridgehead atoms. The van der Waals surface area contributed by atoms with Crippen molar-refractivity contribution >= 4 is 46.4 Å². The summed E-state index contributed by atoms with van der Waals surface area (Å²) >= 11 is 16.4. The highest BCUT2D eigenvalue weighted by molar-refractivity contribution is 7.80. The van der Waals surface area contributed by atoms with Gasteiger partial charge in [-0.2, -0.15) is 0 Å². The van der Waals surface area contributed by atoms with Gasteiger partial charge in [0.15, 0.2) is 5.11 Å². The molecule has 0 radical (unpaired) electrons. The van der Waals surface area contributed by atoms with E-state index in [-0.39, 0.29) is 11.0 Å². The monoisotopic (exact) mass is 276 g/mol. The summed E-state index contributed by atoms with van der Waals surface area (Å²) in [5, 5.41) is 6.42. The largest absolute Gasteiger partial charge is 0.363 e. The number of hydrogen-bond acceptors (Lipinski definition) is 2. The molecule has 1 rings (SSSR count). The zero-order valence-electron chi connectivity index (χ0n) is 8.51. The van der Waals surface area contributed by atoms with Crippen LogP contribution in [0.4, 0.5) is 0 Å². The number of hydrogen-bond donors (Lipinski definition) is 2. The highest BCUT2D eigenvalue weighted by Crippen LogP contribution is 2.18. The minimum Gasteiger partial charge on any atom is -0.363 e. The van der Waals surface area contributed by atoms with Crippen LogP contribution in [0.2, 0.25) is 10.0 Å². The Kier molecular flexibility index (Phi) is 4.99. The number of nitrogens with one attached hydrogen (secondary N) is 2. The third-order valence-electron chi connectivity index (χ3n) is 1.69. The van der Waals surface area contributed by atoms with Gasteiger partial charge in [-0.3, -0.25) is 10.1 Å². The van der Waals surface area contributed by atoms with Gasteiger partial charge in [0.05, 0.1) is 0 Å². The first-order valence-corrected chi connectivity index (χ1v) is 5.74. The molecule has 3 nitrogen and oxygen atoms in total. The van der Waals surface area contributed by atoms with Crippen LogP contribution in [0.1, 0.15) is 17.3 Å². The van der Waals surface area contributed by atoms with Crippen molar-refractivity contribution in [1.82, 2.24) is 10.6 Å². The lowest BCUT2D eigenvalue weighted by Crippen LogP contribution is -2.39. The van der Waals surface area contributed by atoms with Crippen LogP contribution in [-0.4, -0.2) is 17.6 Å². The number of rotatable bonds is 2. The second-order valence-electron chi connectivity index (χ2n) is 2.97. The highest BCUT2D eigenvalue weighted by Gasteiger charge is 2.08. The third kappa shape index (κ3) is 3.96. The van der Waals surface area contributed by atoms with Gasteiger partial charge in [0.2, 0.25) is 0 Å². The molecular weight excluding hydrogens is 267 g/mol. The summed E-state index contributed by atoms with van der Waals surface area (Å²) in [7, 11) is 0. The second kappa shape index (κ2) is 6.03. The van der Waals surface area contributed by atoms with Gasteiger partial charge in [0, 0.05) is 22.2 Å². The van der Waals surface area contributed by atoms with Gasteiger partial charge in [-0.25, -0.2) is 0 Å². The maximum atomic E-state index is 11.7. The van der Waals surface area contributed by atoms with Gasteiger partial charge in [0.25, 0.3) is 5.91 Å². The molecule has 0 atom stereocenters. The Labute approximate surface area is 109 Å². The maximum absolute atomic E-state index is 11.7. The van der Waals surface area contributed by atoms with Crippen LogP contribution in [0.15, 0.2) is 18.2 Å². The van der Waals surface area contributed by atoms with Crippen LogP contribution in [0.25, 0.3) is 0 Å². The van der Waals surface area contributed by atoms with Gasteiger partial charge < -0.3 is 5.32 Å². The minimum atomic E-state index is -0.338. The van der Waals surface area contributed by atoms with Gasteiger partial charge in [-0.1, -0.05) is 23.2 Å². The lowest BCUT2D eigenvalue weighted by atomic mass is 10.2. The molecule has 1 aromatic carbocycles. The topological polar surface area (TPSA) is 41.1 Å². The molecule has 0 fully saturated rings. The van der Waals surface area contributed by atoms with Crippen LogP contribution < -0.4 is 10.6 Å². The van der Waals surface area contributed by atoms with Gasteiger partial charge >= 0.3 is 0 Å². The minimum absolute atomic E-state index is 0.281. The normalized spacial score (nSPS) is 9.69. The Morgan fingerprint density at radius 1 is 1.31 bits per heavy atom. The lowest BCUT2D eigenvalue weighted by Gasteiger charge is -2.07. The van der Waals surface area contributed by atoms with Crippen molar-refractivity contribution in [3.63, 3.8) is 0 Å². The van der Waals surface area contributed by atoms with Crippen LogP contribution >= 0.6 is 35.4 Å². The van der Waals surface area contributed by atoms with E-state index in [1.165, 1.54) is 12.1 Å². The van der Waals surface area contributed by atoms with Gasteiger partial charge in [0.1, 0.15) is 0 Å². The molecule has 0 aliphatic carbocycles. The van der Waals surface area contributed by atoms with Crippen molar-refractivity contribution in [2.24, 2.45) is 0 Å². The molecule has 0 saturated heterocycles. The summed E-state index contributed by atoms with van der Waals surface area (Å²) in [6, 6.07) is 4.61. The zero-order valence-corrected chi connectivity index (χ0v) is 10.8. The molecule has 0 aliphatic rings. The molecule has 1 amide bonds. The molecule has 0 saturated carbocycles. The first-order chi connectivity index (χ1) is 7.52. The van der Waals surface area contributed by atoms with Crippen LogP contribution in [0.3, 0.4) is 0 Å². The Hall–Kier alpha value is -0.840. The van der Waals surface area contributed by atoms with Crippen molar-refractivity contribution < 1.29 is 4.79 Å². The number of thiocarbonyl (C=S) groups is 1. The summed E-state index contributed by atoms with van der Waals surface area (Å²) in [4.78, 5) is 11.7. The van der Waals surface area contributed by atoms with Gasteiger partial charge in [-0.15, -0.1) is 0 Å². The maximum Gasteiger partial charge on any atom is 0.257 e. The fourth-order valence-electron chi connectivity index (χ4n) is 1.06. The molecule has 2 N–H and O–H groups in total. The second-order valence-corrected chi connectivity index (χ2v) is 4.25. The van der Waals surface area contributed by atoms with E-state index >= 15 is 0 Å². The Bertz CT molecular complexity index is 403. The summed E-state index contributed by atoms with van der Waals surface area (Å²) in [6.07, 6.45) is 0. The van der Waals surface area contributed by atoms with Crippen molar-refractivity contribution in [2.75, 3.05) is 6.54 Å². The molecule has 0 heterocycles. The summed E-state index contributed by atoms with van der Waals surface area (Å²) in [5.74, 6) is -0.338. The quantitative estimate of drug-likeness (QED) is 0.816. The number of halogens is 2. The van der Waals surface area contributed by atoms with E-state index in [1.807, 2.05) is 6.92 Å². The Morgan fingerprint density at radius 3 is 2.38 bits per heavy atom. The van der Waals surface area contributed by atoms with E-state index in [1.54, 1.807) is 6.07 Å². The predicted octanol–water partition coefficient (Wildman–Crippen LogP) is 2.62. The van der Waals surface area contributed by atoms with E-state index in [9.17, 15) is 4.79 Å². The highest BCUT2D eigenvalue weighted by atomic mass is 35.5. The summed E-state index contributed by atoms with van der Waals surface area (Å²) in [6.45, 7) is 2.53. The standard InChI is InChI=1S/C10H10Cl2N2OS/c1-2-13-10(16)14-9(15)6-3-7(11)5-8(12)4-6/h3-5H,2H2,1H3,(H2,13,14,15,16). The van der Waals surface area contributed by atoms with Crippen LogP contribution in [0, 0.1) is 0 Å². The smallest absolute Gasteiger partial charge is 0.257 e. The van der Waals surface area contributed by atoms with Crippen molar-refractivity contribution in [3.8, 4) is 0 Å². The van der Waals surface area contributed by atoms with E-state index in [4.69, 9.17) is 35.4 Å². The first-order valence-electron chi connectivity index (χ1n) is 4.58. The summed E-state index contributed by atoms with van der Waals surface area (Å²) < 4.78 is 0. The number of carbonyl (C=O) groups excluding carboxylic acids is 1. The molecule has 6 heteroatoms. The number of carbonyl (C=O) groups is 1. The van der Waals surface area contributed by atoms with Crippen molar-refractivity contribution in [3.05, 3.63) is 33.8 Å². The average molecular weight is 277 g/mol. The number of amides is 1. The molecule has 86 valence electrons. The molecule has 1 aromatic rings. The molecule has 0 spiro atoms. The lowest BCUT2D eigenvalue weighted by molar-refractivity contribution is 0.0976. The zero-order chi connectivity index (χ0) is 12.1. The van der Waals surface area contributed by atoms with E-state index in [0.717, 1.165) is 0 Å². The Morgan fingerprint density at radius 2 is 1.88 bits per heavy atom. The predicted molar refractivity (Wildman–Crippen MR) is 70.2 cm³/mol. The summed E-state index contributed by atoms with van der Waals surface area (Å²) in [5.41, 5.74) is 0.373. The van der Waals surface area contributed by atoms with Crippen molar-refractivity contribution in [2.45, 2.75) is 6.92 Å². The SMILES string of the molecule is CCNC(=S)NC(=O)c1cc(Cl)cc(Cl)c1. The molecule has 16 heavy (non-hydrogen) atoms. The fourth-order valence-corrected chi connectivity index (χ4v) is 1.83. The Balaban J connectivity index is 2.76. The average Bonchev–Trinajstić information content (AvgIpc) is 2.16. The van der Waals surface area contributed by atoms with E-state index < -0.39 is 0 Å². The third-order valence-corrected chi connectivity index (χ3v) is 2.37. The van der Waals surface area contributed by atoms with Crippen LogP contribution in [0.5, 0.6) is 0 Å². The molecular formula is C10H10Cl2N2OS. The molecule has 0 unspecified atom stereocenters. The van der Waals surface area contributed by atoms with Crippen LogP contribution in [-0.2, 0) is 0 Å². The van der Waals surface area contributed by atoms with E-state index in [0.29, 0.717) is 22.2 Å². The van der Waals surface area contributed by atoms with E-state index in [2.05, 4.69) is 10.6 Å². The first kappa shape index (κ1) is 13.2. The fraction of sp³-hybridized carbons (Fsp3) is 0.200. The van der Waals surface area contributed by atoms with Gasteiger partial charge in [-0.05, 0) is 37.3 Å². The van der Waals surface area contributed by atoms with Crippen molar-refractivity contribution in [1.29, 1.82) is 0 Å². The molecule has 0 aromatic heterocycles.